The van der Waals surface area contributed by atoms with Gasteiger partial charge in [0.25, 0.3) is 0 Å². The van der Waals surface area contributed by atoms with Gasteiger partial charge < -0.3 is 20.9 Å². The predicted octanol–water partition coefficient (Wildman–Crippen LogP) is 0.969. The third kappa shape index (κ3) is 6.27. The lowest BCUT2D eigenvalue weighted by atomic mass is 10.0. The van der Waals surface area contributed by atoms with Crippen molar-refractivity contribution >= 4 is 12.0 Å². The van der Waals surface area contributed by atoms with E-state index in [9.17, 15) is 14.7 Å². The maximum absolute atomic E-state index is 11.8. The van der Waals surface area contributed by atoms with Crippen LogP contribution in [0.2, 0.25) is 0 Å². The number of primary amides is 1. The Hall–Kier alpha value is -2.08. The van der Waals surface area contributed by atoms with Gasteiger partial charge in [-0.3, -0.25) is 4.79 Å². The van der Waals surface area contributed by atoms with Crippen LogP contribution in [0.15, 0.2) is 30.3 Å². The van der Waals surface area contributed by atoms with E-state index in [4.69, 9.17) is 10.5 Å². The van der Waals surface area contributed by atoms with E-state index in [1.54, 1.807) is 20.8 Å². The minimum absolute atomic E-state index is 0.268. The van der Waals surface area contributed by atoms with Crippen molar-refractivity contribution in [3.63, 3.8) is 0 Å². The summed E-state index contributed by atoms with van der Waals surface area (Å²) in [6, 6.07) is 8.33. The van der Waals surface area contributed by atoms with Crippen LogP contribution in [0, 0.1) is 0 Å². The lowest BCUT2D eigenvalue weighted by Gasteiger charge is -2.25. The van der Waals surface area contributed by atoms with Gasteiger partial charge in [0.1, 0.15) is 5.60 Å². The number of hydrogen-bond donors (Lipinski definition) is 3. The van der Waals surface area contributed by atoms with Gasteiger partial charge in [0.05, 0.1) is 6.04 Å². The lowest BCUT2D eigenvalue weighted by molar-refractivity contribution is -0.127. The van der Waals surface area contributed by atoms with Crippen LogP contribution in [-0.2, 0) is 16.0 Å². The number of carbonyl (C=O) groups excluding carboxylic acids is 2. The molecule has 6 heteroatoms. The number of amides is 2. The van der Waals surface area contributed by atoms with Crippen molar-refractivity contribution < 1.29 is 19.4 Å². The zero-order chi connectivity index (χ0) is 16.0. The normalized spacial score (nSPS) is 14.1. The maximum Gasteiger partial charge on any atom is 0.407 e. The second-order valence-electron chi connectivity index (χ2n) is 5.79. The fourth-order valence-corrected chi connectivity index (χ4v) is 1.77. The van der Waals surface area contributed by atoms with E-state index in [1.807, 2.05) is 30.3 Å². The van der Waals surface area contributed by atoms with Crippen LogP contribution in [0.1, 0.15) is 26.3 Å². The average Bonchev–Trinajstić information content (AvgIpc) is 2.36. The van der Waals surface area contributed by atoms with Crippen LogP contribution in [-0.4, -0.2) is 34.9 Å². The highest BCUT2D eigenvalue weighted by Crippen LogP contribution is 2.10. The van der Waals surface area contributed by atoms with Gasteiger partial charge >= 0.3 is 6.09 Å². The van der Waals surface area contributed by atoms with Crippen LogP contribution in [0.5, 0.6) is 0 Å². The Morgan fingerprint density at radius 1 is 1.29 bits per heavy atom. The molecule has 6 nitrogen and oxygen atoms in total. The highest BCUT2D eigenvalue weighted by atomic mass is 16.6. The van der Waals surface area contributed by atoms with E-state index in [2.05, 4.69) is 5.32 Å². The molecule has 1 aromatic rings. The van der Waals surface area contributed by atoms with Crippen molar-refractivity contribution in [1.82, 2.24) is 5.32 Å². The minimum atomic E-state index is -1.49. The largest absolute Gasteiger partial charge is 0.444 e. The fourth-order valence-electron chi connectivity index (χ4n) is 1.77. The highest BCUT2D eigenvalue weighted by molar-refractivity contribution is 5.80. The van der Waals surface area contributed by atoms with Crippen LogP contribution < -0.4 is 11.1 Å². The summed E-state index contributed by atoms with van der Waals surface area (Å²) in [7, 11) is 0. The van der Waals surface area contributed by atoms with Gasteiger partial charge in [-0.25, -0.2) is 4.79 Å². The van der Waals surface area contributed by atoms with Crippen LogP contribution in [0.3, 0.4) is 0 Å². The Bertz CT molecular complexity index is 482. The monoisotopic (exact) mass is 294 g/mol. The minimum Gasteiger partial charge on any atom is -0.444 e. The summed E-state index contributed by atoms with van der Waals surface area (Å²) in [5.41, 5.74) is 5.30. The smallest absolute Gasteiger partial charge is 0.407 e. The number of carbonyl (C=O) groups is 2. The molecule has 0 aliphatic heterocycles. The van der Waals surface area contributed by atoms with Crippen molar-refractivity contribution in [3.05, 3.63) is 35.9 Å². The molecular formula is C15H22N2O4. The second kappa shape index (κ2) is 7.08. The Labute approximate surface area is 124 Å². The molecule has 4 N–H and O–H groups in total. The highest BCUT2D eigenvalue weighted by Gasteiger charge is 2.28. The molecular weight excluding hydrogens is 272 g/mol. The second-order valence-corrected chi connectivity index (χ2v) is 5.79. The van der Waals surface area contributed by atoms with Gasteiger partial charge in [0.15, 0.2) is 6.10 Å². The molecule has 0 heterocycles. The summed E-state index contributed by atoms with van der Waals surface area (Å²) in [5.74, 6) is -0.896. The zero-order valence-electron chi connectivity index (χ0n) is 12.5. The number of alkyl carbamates (subject to hydrolysis) is 1. The molecule has 1 rings (SSSR count). The van der Waals surface area contributed by atoms with Crippen molar-refractivity contribution in [3.8, 4) is 0 Å². The molecule has 0 fully saturated rings. The Kier molecular flexibility index (Phi) is 5.72. The number of hydrogen-bond acceptors (Lipinski definition) is 4. The number of nitrogens with one attached hydrogen (secondary N) is 1. The van der Waals surface area contributed by atoms with Gasteiger partial charge in [-0.1, -0.05) is 30.3 Å². The summed E-state index contributed by atoms with van der Waals surface area (Å²) in [4.78, 5) is 23.0. The molecule has 0 spiro atoms. The first-order valence-corrected chi connectivity index (χ1v) is 6.70. The summed E-state index contributed by atoms with van der Waals surface area (Å²) < 4.78 is 5.12. The summed E-state index contributed by atoms with van der Waals surface area (Å²) in [5, 5.41) is 12.3. The predicted molar refractivity (Wildman–Crippen MR) is 78.5 cm³/mol. The number of nitrogens with two attached hydrogens (primary N) is 1. The first-order chi connectivity index (χ1) is 9.69. The molecule has 0 aromatic heterocycles. The van der Waals surface area contributed by atoms with Crippen molar-refractivity contribution in [2.45, 2.75) is 44.9 Å². The summed E-state index contributed by atoms with van der Waals surface area (Å²) in [6.45, 7) is 5.18. The maximum atomic E-state index is 11.8. The average molecular weight is 294 g/mol. The molecule has 0 saturated carbocycles. The standard InChI is InChI=1S/C15H22N2O4/c1-15(2,3)21-14(20)17-11(12(18)13(16)19)9-10-7-5-4-6-8-10/h4-8,11-12,18H,9H2,1-3H3,(H2,16,19)(H,17,20). The Morgan fingerprint density at radius 3 is 2.33 bits per heavy atom. The Balaban J connectivity index is 2.78. The van der Waals surface area contributed by atoms with Crippen molar-refractivity contribution in [2.75, 3.05) is 0 Å². The number of aliphatic hydroxyl groups excluding tert-OH is 1. The third-order valence-corrected chi connectivity index (χ3v) is 2.67. The summed E-state index contributed by atoms with van der Waals surface area (Å²) in [6.07, 6.45) is -1.93. The lowest BCUT2D eigenvalue weighted by Crippen LogP contribution is -2.51. The number of rotatable bonds is 5. The van der Waals surface area contributed by atoms with Gasteiger partial charge in [0.2, 0.25) is 5.91 Å². The van der Waals surface area contributed by atoms with Crippen LogP contribution in [0.4, 0.5) is 4.79 Å². The topological polar surface area (TPSA) is 102 Å². The van der Waals surface area contributed by atoms with E-state index >= 15 is 0 Å². The van der Waals surface area contributed by atoms with Gasteiger partial charge in [0, 0.05) is 0 Å². The molecule has 0 saturated heterocycles. The molecule has 0 aliphatic rings. The number of benzene rings is 1. The van der Waals surface area contributed by atoms with Crippen LogP contribution >= 0.6 is 0 Å². The molecule has 0 radical (unpaired) electrons. The SMILES string of the molecule is CC(C)(C)OC(=O)NC(Cc1ccccc1)C(O)C(N)=O. The molecule has 0 bridgehead atoms. The first kappa shape index (κ1) is 17.0. The third-order valence-electron chi connectivity index (χ3n) is 2.67. The van der Waals surface area contributed by atoms with Gasteiger partial charge in [-0.2, -0.15) is 0 Å². The molecule has 0 aliphatic carbocycles. The van der Waals surface area contributed by atoms with Gasteiger partial charge in [-0.15, -0.1) is 0 Å². The fraction of sp³-hybridized carbons (Fsp3) is 0.467. The van der Waals surface area contributed by atoms with E-state index in [0.717, 1.165) is 5.56 Å². The van der Waals surface area contributed by atoms with Crippen molar-refractivity contribution in [2.24, 2.45) is 5.73 Å². The van der Waals surface area contributed by atoms with E-state index in [-0.39, 0.29) is 6.42 Å². The molecule has 2 atom stereocenters. The van der Waals surface area contributed by atoms with E-state index < -0.39 is 29.7 Å². The zero-order valence-corrected chi connectivity index (χ0v) is 12.5. The van der Waals surface area contributed by atoms with E-state index in [0.29, 0.717) is 0 Å². The Morgan fingerprint density at radius 2 is 1.86 bits per heavy atom. The molecule has 21 heavy (non-hydrogen) atoms. The molecule has 2 amide bonds. The van der Waals surface area contributed by atoms with E-state index in [1.165, 1.54) is 0 Å². The molecule has 2 unspecified atom stereocenters. The van der Waals surface area contributed by atoms with Crippen molar-refractivity contribution in [1.29, 1.82) is 0 Å². The quantitative estimate of drug-likeness (QED) is 0.753. The van der Waals surface area contributed by atoms with Crippen LogP contribution in [0.25, 0.3) is 0 Å². The first-order valence-electron chi connectivity index (χ1n) is 6.70. The molecule has 1 aromatic carbocycles. The molecule has 116 valence electrons. The number of aliphatic hydroxyl groups is 1. The summed E-state index contributed by atoms with van der Waals surface area (Å²) >= 11 is 0. The van der Waals surface area contributed by atoms with Gasteiger partial charge in [-0.05, 0) is 32.8 Å². The number of ether oxygens (including phenoxy) is 1.